The van der Waals surface area contributed by atoms with Crippen molar-refractivity contribution in [3.8, 4) is 0 Å². The summed E-state index contributed by atoms with van der Waals surface area (Å²) in [6.45, 7) is 4.03. The number of carbonyl (C=O) groups is 1. The first-order chi connectivity index (χ1) is 7.49. The average molecular weight is 249 g/mol. The fraction of sp³-hybridized carbons (Fsp3) is 0.900. The van der Waals surface area contributed by atoms with Crippen LogP contribution in [0.15, 0.2) is 0 Å². The van der Waals surface area contributed by atoms with E-state index in [0.29, 0.717) is 12.4 Å². The van der Waals surface area contributed by atoms with Crippen LogP contribution in [-0.2, 0) is 20.3 Å². The van der Waals surface area contributed by atoms with Gasteiger partial charge >= 0.3 is 5.97 Å². The third-order valence-electron chi connectivity index (χ3n) is 2.60. The Labute approximate surface area is 98.2 Å². The minimum Gasteiger partial charge on any atom is -0.481 e. The molecule has 0 bridgehead atoms. The summed E-state index contributed by atoms with van der Waals surface area (Å²) < 4.78 is 17.3. The van der Waals surface area contributed by atoms with E-state index in [-0.39, 0.29) is 17.8 Å². The van der Waals surface area contributed by atoms with Gasteiger partial charge in [0.2, 0.25) is 0 Å². The third kappa shape index (κ3) is 4.59. The number of aliphatic carboxylic acids is 1. The number of rotatable bonds is 5. The number of hydrogen-bond donors (Lipinski definition) is 1. The van der Waals surface area contributed by atoms with Crippen molar-refractivity contribution in [2.75, 3.05) is 32.5 Å². The molecule has 1 N–H and O–H groups in total. The molecule has 0 aromatic rings. The Bertz CT molecular complexity index is 272. The first-order valence-corrected chi connectivity index (χ1v) is 6.76. The number of likely N-dealkylation sites (N-methyl/N-ethyl adjacent to an activating group) is 1. The van der Waals surface area contributed by atoms with Gasteiger partial charge in [-0.2, -0.15) is 0 Å². The van der Waals surface area contributed by atoms with Gasteiger partial charge in [-0.15, -0.1) is 0 Å². The summed E-state index contributed by atoms with van der Waals surface area (Å²) in [4.78, 5) is 12.6. The van der Waals surface area contributed by atoms with E-state index in [1.165, 1.54) is 0 Å². The molecule has 0 aliphatic carbocycles. The van der Waals surface area contributed by atoms with Crippen molar-refractivity contribution in [2.45, 2.75) is 24.7 Å². The van der Waals surface area contributed by atoms with Gasteiger partial charge in [-0.25, -0.2) is 0 Å². The molecule has 0 aromatic carbocycles. The lowest BCUT2D eigenvalue weighted by molar-refractivity contribution is -0.136. The maximum Gasteiger partial charge on any atom is 0.304 e. The maximum atomic E-state index is 11.8. The molecule has 1 saturated heterocycles. The lowest BCUT2D eigenvalue weighted by Crippen LogP contribution is -2.43. The number of ether oxygens (including phenoxy) is 1. The maximum absolute atomic E-state index is 11.8. The van der Waals surface area contributed by atoms with Crippen LogP contribution < -0.4 is 0 Å². The summed E-state index contributed by atoms with van der Waals surface area (Å²) in [5.41, 5.74) is 0. The number of hydrogen-bond acceptors (Lipinski definition) is 4. The minimum atomic E-state index is -1.13. The van der Waals surface area contributed by atoms with Gasteiger partial charge in [-0.1, -0.05) is 6.92 Å². The van der Waals surface area contributed by atoms with Crippen molar-refractivity contribution in [3.05, 3.63) is 0 Å². The molecule has 3 unspecified atom stereocenters. The molecular weight excluding hydrogens is 230 g/mol. The van der Waals surface area contributed by atoms with E-state index >= 15 is 0 Å². The fourth-order valence-corrected chi connectivity index (χ4v) is 2.88. The Morgan fingerprint density at radius 3 is 2.94 bits per heavy atom. The summed E-state index contributed by atoms with van der Waals surface area (Å²) in [6.07, 6.45) is -0.0781. The third-order valence-corrected chi connectivity index (χ3v) is 4.37. The van der Waals surface area contributed by atoms with Gasteiger partial charge in [-0.3, -0.25) is 9.00 Å². The van der Waals surface area contributed by atoms with E-state index in [4.69, 9.17) is 9.84 Å². The summed E-state index contributed by atoms with van der Waals surface area (Å²) in [7, 11) is 0.869. The van der Waals surface area contributed by atoms with Gasteiger partial charge in [0.25, 0.3) is 0 Å². The van der Waals surface area contributed by atoms with Crippen molar-refractivity contribution in [2.24, 2.45) is 0 Å². The number of morpholine rings is 1. The quantitative estimate of drug-likeness (QED) is 0.738. The van der Waals surface area contributed by atoms with Gasteiger partial charge in [0.15, 0.2) is 0 Å². The molecule has 1 rings (SSSR count). The zero-order valence-corrected chi connectivity index (χ0v) is 10.5. The molecule has 0 aromatic heterocycles. The SMILES string of the molecule is CC(CC(=O)O)S(=O)CC1CN(C)CCO1. The lowest BCUT2D eigenvalue weighted by Gasteiger charge is -2.30. The Hall–Kier alpha value is -0.460. The summed E-state index contributed by atoms with van der Waals surface area (Å²) in [5, 5.41) is 8.30. The molecule has 6 heteroatoms. The van der Waals surface area contributed by atoms with E-state index in [2.05, 4.69) is 4.90 Å². The van der Waals surface area contributed by atoms with Crippen LogP contribution in [0, 0.1) is 0 Å². The van der Waals surface area contributed by atoms with Gasteiger partial charge in [0.1, 0.15) is 0 Å². The van der Waals surface area contributed by atoms with E-state index in [1.807, 2.05) is 7.05 Å². The number of carboxylic acids is 1. The van der Waals surface area contributed by atoms with Crippen LogP contribution in [0.25, 0.3) is 0 Å². The number of nitrogens with zero attached hydrogens (tertiary/aromatic N) is 1. The Balaban J connectivity index is 2.35. The molecule has 94 valence electrons. The second-order valence-electron chi connectivity index (χ2n) is 4.21. The summed E-state index contributed by atoms with van der Waals surface area (Å²) in [6, 6.07) is 0. The van der Waals surface area contributed by atoms with Crippen molar-refractivity contribution in [1.82, 2.24) is 4.90 Å². The van der Waals surface area contributed by atoms with E-state index < -0.39 is 16.8 Å². The molecule has 5 nitrogen and oxygen atoms in total. The summed E-state index contributed by atoms with van der Waals surface area (Å²) in [5.74, 6) is -0.471. The Morgan fingerprint density at radius 2 is 2.38 bits per heavy atom. The highest BCUT2D eigenvalue weighted by atomic mass is 32.2. The highest BCUT2D eigenvalue weighted by molar-refractivity contribution is 7.85. The van der Waals surface area contributed by atoms with Gasteiger partial charge in [-0.05, 0) is 7.05 Å². The van der Waals surface area contributed by atoms with E-state index in [1.54, 1.807) is 6.92 Å². The van der Waals surface area contributed by atoms with Crippen molar-refractivity contribution >= 4 is 16.8 Å². The molecule has 16 heavy (non-hydrogen) atoms. The van der Waals surface area contributed by atoms with E-state index in [9.17, 15) is 9.00 Å². The second-order valence-corrected chi connectivity index (χ2v) is 6.11. The standard InChI is InChI=1S/C10H19NO4S/c1-8(5-10(12)13)16(14)7-9-6-11(2)3-4-15-9/h8-9H,3-7H2,1-2H3,(H,12,13). The minimum absolute atomic E-state index is 0.0316. The van der Waals surface area contributed by atoms with Crippen LogP contribution in [0.2, 0.25) is 0 Å². The molecule has 3 atom stereocenters. The summed E-state index contributed by atoms with van der Waals surface area (Å²) >= 11 is 0. The van der Waals surface area contributed by atoms with E-state index in [0.717, 1.165) is 13.1 Å². The highest BCUT2D eigenvalue weighted by Gasteiger charge is 2.23. The second kappa shape index (κ2) is 6.32. The molecular formula is C10H19NO4S. The smallest absolute Gasteiger partial charge is 0.304 e. The van der Waals surface area contributed by atoms with Crippen LogP contribution >= 0.6 is 0 Å². The predicted molar refractivity (Wildman–Crippen MR) is 62.0 cm³/mol. The average Bonchev–Trinajstić information content (AvgIpc) is 2.16. The van der Waals surface area contributed by atoms with Gasteiger partial charge in [0, 0.05) is 29.1 Å². The Kier molecular flexibility index (Phi) is 5.37. The highest BCUT2D eigenvalue weighted by Crippen LogP contribution is 2.09. The van der Waals surface area contributed by atoms with Crippen molar-refractivity contribution in [3.63, 3.8) is 0 Å². The van der Waals surface area contributed by atoms with Gasteiger partial charge < -0.3 is 14.7 Å². The molecule has 1 aliphatic heterocycles. The largest absolute Gasteiger partial charge is 0.481 e. The van der Waals surface area contributed by atoms with Crippen molar-refractivity contribution < 1.29 is 18.8 Å². The Morgan fingerprint density at radius 1 is 1.69 bits per heavy atom. The molecule has 1 fully saturated rings. The number of carboxylic acid groups (broad SMARTS) is 1. The predicted octanol–water partition coefficient (Wildman–Crippen LogP) is -0.0711. The van der Waals surface area contributed by atoms with Crippen LogP contribution in [0.4, 0.5) is 0 Å². The molecule has 0 radical (unpaired) electrons. The molecule has 1 heterocycles. The van der Waals surface area contributed by atoms with Crippen LogP contribution in [0.1, 0.15) is 13.3 Å². The topological polar surface area (TPSA) is 66.8 Å². The normalized spacial score (nSPS) is 26.2. The first-order valence-electron chi connectivity index (χ1n) is 5.38. The monoisotopic (exact) mass is 249 g/mol. The van der Waals surface area contributed by atoms with Crippen LogP contribution in [0.3, 0.4) is 0 Å². The zero-order valence-electron chi connectivity index (χ0n) is 9.72. The first kappa shape index (κ1) is 13.6. The molecule has 0 saturated carbocycles. The lowest BCUT2D eigenvalue weighted by atomic mass is 10.3. The zero-order chi connectivity index (χ0) is 12.1. The van der Waals surface area contributed by atoms with Crippen molar-refractivity contribution in [1.29, 1.82) is 0 Å². The molecule has 0 spiro atoms. The van der Waals surface area contributed by atoms with Gasteiger partial charge in [0.05, 0.1) is 24.9 Å². The fourth-order valence-electron chi connectivity index (χ4n) is 1.65. The molecule has 0 amide bonds. The van der Waals surface area contributed by atoms with Crippen LogP contribution in [0.5, 0.6) is 0 Å². The molecule has 1 aliphatic rings. The van der Waals surface area contributed by atoms with Crippen LogP contribution in [-0.4, -0.2) is 64.0 Å².